The highest BCUT2D eigenvalue weighted by atomic mass is 16.5. The van der Waals surface area contributed by atoms with Crippen LogP contribution >= 0.6 is 0 Å². The Morgan fingerprint density at radius 1 is 1.00 bits per heavy atom. The topological polar surface area (TPSA) is 180 Å². The molecule has 3 N–H and O–H groups in total. The molecule has 3 aromatic carbocycles. The molecule has 2 aromatic heterocycles. The van der Waals surface area contributed by atoms with Crippen LogP contribution in [0.2, 0.25) is 0 Å². The van der Waals surface area contributed by atoms with E-state index in [0.29, 0.717) is 61.7 Å². The molecule has 2 aliphatic rings. The zero-order valence-corrected chi connectivity index (χ0v) is 33.3. The summed E-state index contributed by atoms with van der Waals surface area (Å²) in [4.78, 5) is 63.7. The second-order valence-electron chi connectivity index (χ2n) is 14.8. The lowest BCUT2D eigenvalue weighted by molar-refractivity contribution is -0.137. The Bertz CT molecular complexity index is 2240. The Balaban J connectivity index is 0.802. The number of rotatable bonds is 17. The zero-order valence-electron chi connectivity index (χ0n) is 33.3. The van der Waals surface area contributed by atoms with Crippen LogP contribution in [0.4, 0.5) is 11.4 Å². The Labute approximate surface area is 343 Å². The number of carbonyl (C=O) groups is 4. The van der Waals surface area contributed by atoms with E-state index in [1.165, 1.54) is 6.33 Å². The monoisotopic (exact) mass is 799 g/mol. The van der Waals surface area contributed by atoms with Gasteiger partial charge in [0.1, 0.15) is 24.1 Å². The Morgan fingerprint density at radius 2 is 1.83 bits per heavy atom. The van der Waals surface area contributed by atoms with Gasteiger partial charge < -0.3 is 24.8 Å². The highest BCUT2D eigenvalue weighted by Gasteiger charge is 2.30. The molecule has 1 atom stereocenters. The van der Waals surface area contributed by atoms with Gasteiger partial charge in [-0.25, -0.2) is 9.97 Å². The number of nitrogens with zero attached hydrogens (tertiary/aromatic N) is 8. The van der Waals surface area contributed by atoms with Crippen molar-refractivity contribution in [2.24, 2.45) is 7.05 Å². The third kappa shape index (κ3) is 10.5. The first-order chi connectivity index (χ1) is 28.7. The van der Waals surface area contributed by atoms with Gasteiger partial charge in [-0.3, -0.25) is 34.3 Å². The minimum atomic E-state index is -0.405. The van der Waals surface area contributed by atoms with E-state index in [0.717, 1.165) is 79.5 Å². The van der Waals surface area contributed by atoms with Crippen LogP contribution in [0.3, 0.4) is 0 Å². The number of benzene rings is 3. The number of carbonyl (C=O) groups excluding carboxylic acids is 4. The number of hydrogen-bond donors (Lipinski definition) is 3. The van der Waals surface area contributed by atoms with Crippen LogP contribution in [0.15, 0.2) is 85.3 Å². The molecule has 16 nitrogen and oxygen atoms in total. The quantitative estimate of drug-likeness (QED) is 0.0708. The van der Waals surface area contributed by atoms with E-state index < -0.39 is 6.04 Å². The van der Waals surface area contributed by atoms with Crippen molar-refractivity contribution in [3.05, 3.63) is 113 Å². The second-order valence-corrected chi connectivity index (χ2v) is 14.8. The lowest BCUT2D eigenvalue weighted by atomic mass is 10.0. The predicted octanol–water partition coefficient (Wildman–Crippen LogP) is 3.45. The minimum absolute atomic E-state index is 0.171. The van der Waals surface area contributed by atoms with Crippen molar-refractivity contribution in [2.75, 3.05) is 56.6 Å². The van der Waals surface area contributed by atoms with E-state index >= 15 is 0 Å². The summed E-state index contributed by atoms with van der Waals surface area (Å²) in [7, 11) is 3.74. The lowest BCUT2D eigenvalue weighted by Crippen LogP contribution is -2.51. The lowest BCUT2D eigenvalue weighted by Gasteiger charge is -2.36. The summed E-state index contributed by atoms with van der Waals surface area (Å²) in [5.74, 6) is 1.46. The van der Waals surface area contributed by atoms with Crippen molar-refractivity contribution >= 4 is 35.4 Å². The number of amides is 3. The van der Waals surface area contributed by atoms with E-state index in [-0.39, 0.29) is 17.7 Å². The molecule has 0 aliphatic carbocycles. The van der Waals surface area contributed by atoms with Crippen LogP contribution < -0.4 is 25.6 Å². The fourth-order valence-corrected chi connectivity index (χ4v) is 7.33. The average Bonchev–Trinajstić information content (AvgIpc) is 3.64. The maximum Gasteiger partial charge on any atom is 0.251 e. The summed E-state index contributed by atoms with van der Waals surface area (Å²) in [5.41, 5.74) is 5.52. The van der Waals surface area contributed by atoms with Crippen molar-refractivity contribution in [2.45, 2.75) is 44.9 Å². The standard InChI is InChI=1S/C43H49N11O5/c1-51(38-13-14-40(56)48-43(38)58)27-33-24-35(10-9-32(33)28-55)54-20-18-53(19-21-54)17-4-22-59-36-11-7-30(8-12-36)25-46-42(57)31-5-3-6-34(23-31)45-26-39-49-50-41(52(39)2)37-15-16-44-29-47-37/h3,5-12,15-16,23-24,28-29,38,45H,4,13-14,17-22,25-27H2,1-2H3,(H,46,57)(H,48,56,58). The third-order valence-corrected chi connectivity index (χ3v) is 10.8. The largest absolute Gasteiger partial charge is 0.494 e. The van der Waals surface area contributed by atoms with E-state index in [1.807, 2.05) is 78.2 Å². The Morgan fingerprint density at radius 3 is 2.59 bits per heavy atom. The highest BCUT2D eigenvalue weighted by molar-refractivity contribution is 6.00. The summed E-state index contributed by atoms with van der Waals surface area (Å²) < 4.78 is 7.91. The first-order valence-electron chi connectivity index (χ1n) is 19.8. The zero-order chi connectivity index (χ0) is 41.1. The summed E-state index contributed by atoms with van der Waals surface area (Å²) >= 11 is 0. The van der Waals surface area contributed by atoms with Crippen LogP contribution in [0.1, 0.15) is 56.9 Å². The van der Waals surface area contributed by atoms with Crippen LogP contribution in [-0.4, -0.2) is 111 Å². The number of aldehydes is 1. The third-order valence-electron chi connectivity index (χ3n) is 10.8. The predicted molar refractivity (Wildman–Crippen MR) is 222 cm³/mol. The SMILES string of the molecule is CN(Cc1cc(N2CCN(CCCOc3ccc(CNC(=O)c4cccc(NCc5nnc(-c6ccncn6)n5C)c4)cc3)CC2)ccc1C=O)C1CCC(=O)NC1=O. The van der Waals surface area contributed by atoms with Crippen LogP contribution in [0.5, 0.6) is 5.75 Å². The first-order valence-corrected chi connectivity index (χ1v) is 19.8. The Hall–Kier alpha value is -6.52. The van der Waals surface area contributed by atoms with Crippen LogP contribution in [0.25, 0.3) is 11.5 Å². The van der Waals surface area contributed by atoms with Gasteiger partial charge in [-0.1, -0.05) is 18.2 Å². The number of piperidine rings is 1. The van der Waals surface area contributed by atoms with Gasteiger partial charge in [0.25, 0.3) is 5.91 Å². The molecule has 3 amide bonds. The van der Waals surface area contributed by atoms with Gasteiger partial charge >= 0.3 is 0 Å². The van der Waals surface area contributed by atoms with Gasteiger partial charge in [-0.15, -0.1) is 10.2 Å². The molecule has 5 aromatic rings. The molecule has 2 saturated heterocycles. The molecule has 59 heavy (non-hydrogen) atoms. The number of hydrogen-bond acceptors (Lipinski definition) is 13. The van der Waals surface area contributed by atoms with Gasteiger partial charge in [0, 0.05) is 88.0 Å². The summed E-state index contributed by atoms with van der Waals surface area (Å²) in [6.07, 6.45) is 5.67. The first kappa shape index (κ1) is 40.7. The van der Waals surface area contributed by atoms with E-state index in [1.54, 1.807) is 18.3 Å². The normalized spacial score (nSPS) is 15.8. The minimum Gasteiger partial charge on any atom is -0.494 e. The van der Waals surface area contributed by atoms with E-state index in [9.17, 15) is 19.2 Å². The number of nitrogens with one attached hydrogen (secondary N) is 3. The maximum absolute atomic E-state index is 13.0. The van der Waals surface area contributed by atoms with Crippen molar-refractivity contribution in [3.8, 4) is 17.3 Å². The molecule has 2 fully saturated rings. The molecule has 0 saturated carbocycles. The van der Waals surface area contributed by atoms with Crippen LogP contribution in [0, 0.1) is 0 Å². The molecular formula is C43H49N11O5. The molecule has 0 radical (unpaired) electrons. The molecule has 7 rings (SSSR count). The number of imide groups is 1. The van der Waals surface area contributed by atoms with Crippen molar-refractivity contribution in [3.63, 3.8) is 0 Å². The summed E-state index contributed by atoms with van der Waals surface area (Å²) in [5, 5.41) is 17.3. The maximum atomic E-state index is 13.0. The van der Waals surface area contributed by atoms with Crippen LogP contribution in [-0.2, 0) is 36.3 Å². The highest BCUT2D eigenvalue weighted by Crippen LogP contribution is 2.24. The van der Waals surface area contributed by atoms with E-state index in [2.05, 4.69) is 52.0 Å². The second kappa shape index (κ2) is 19.3. The number of piperazine rings is 1. The smallest absolute Gasteiger partial charge is 0.251 e. The number of likely N-dealkylation sites (N-methyl/N-ethyl adjacent to an activating group) is 1. The molecular weight excluding hydrogens is 751 g/mol. The average molecular weight is 800 g/mol. The van der Waals surface area contributed by atoms with Gasteiger partial charge in [0.05, 0.1) is 19.2 Å². The van der Waals surface area contributed by atoms with Gasteiger partial charge in [-0.2, -0.15) is 0 Å². The molecule has 16 heteroatoms. The van der Waals surface area contributed by atoms with E-state index in [4.69, 9.17) is 4.74 Å². The molecule has 0 bridgehead atoms. The number of aromatic nitrogens is 5. The molecule has 306 valence electrons. The summed E-state index contributed by atoms with van der Waals surface area (Å²) in [6.45, 7) is 6.31. The Kier molecular flexibility index (Phi) is 13.3. The molecule has 1 unspecified atom stereocenters. The molecule has 4 heterocycles. The molecule has 0 spiro atoms. The van der Waals surface area contributed by atoms with Gasteiger partial charge in [0.15, 0.2) is 11.6 Å². The van der Waals surface area contributed by atoms with Crippen molar-refractivity contribution in [1.29, 1.82) is 0 Å². The fraction of sp³-hybridized carbons (Fsp3) is 0.349. The fourth-order valence-electron chi connectivity index (χ4n) is 7.33. The van der Waals surface area contributed by atoms with Crippen molar-refractivity contribution < 1.29 is 23.9 Å². The van der Waals surface area contributed by atoms with Crippen molar-refractivity contribution in [1.82, 2.24) is 45.2 Å². The summed E-state index contributed by atoms with van der Waals surface area (Å²) in [6, 6.07) is 22.4. The molecule has 2 aliphatic heterocycles. The van der Waals surface area contributed by atoms with Gasteiger partial charge in [0.2, 0.25) is 11.8 Å². The number of ether oxygens (including phenoxy) is 1. The van der Waals surface area contributed by atoms with Gasteiger partial charge in [-0.05, 0) is 85.6 Å². The number of anilines is 2.